The molecule has 1 aromatic rings. The van der Waals surface area contributed by atoms with Gasteiger partial charge in [-0.05, 0) is 31.2 Å². The van der Waals surface area contributed by atoms with Crippen molar-refractivity contribution in [1.82, 2.24) is 4.31 Å². The number of thiophene rings is 1. The van der Waals surface area contributed by atoms with Crippen LogP contribution in [0.25, 0.3) is 0 Å². The van der Waals surface area contributed by atoms with Crippen LogP contribution in [0.4, 0.5) is 0 Å². The zero-order chi connectivity index (χ0) is 14.5. The first kappa shape index (κ1) is 16.6. The Balaban J connectivity index is 3.12. The monoisotopic (exact) mass is 304 g/mol. The molecule has 0 aliphatic heterocycles. The van der Waals surface area contributed by atoms with E-state index in [-0.39, 0.29) is 12.6 Å². The van der Waals surface area contributed by atoms with Crippen LogP contribution < -0.4 is 5.73 Å². The second-order valence-corrected chi connectivity index (χ2v) is 7.50. The quantitative estimate of drug-likeness (QED) is 0.803. The highest BCUT2D eigenvalue weighted by atomic mass is 32.2. The third-order valence-electron chi connectivity index (χ3n) is 3.29. The lowest BCUT2D eigenvalue weighted by Gasteiger charge is -2.27. The van der Waals surface area contributed by atoms with Gasteiger partial charge in [0.1, 0.15) is 0 Å². The maximum atomic E-state index is 12.8. The minimum Gasteiger partial charge on any atom is -0.326 e. The maximum absolute atomic E-state index is 12.8. The van der Waals surface area contributed by atoms with E-state index in [1.165, 1.54) is 11.3 Å². The van der Waals surface area contributed by atoms with Crippen molar-refractivity contribution in [3.63, 3.8) is 0 Å². The Kier molecular flexibility index (Phi) is 6.46. The largest absolute Gasteiger partial charge is 0.326 e. The number of unbranched alkanes of at least 4 members (excludes halogenated alkanes) is 1. The summed E-state index contributed by atoms with van der Waals surface area (Å²) in [6.45, 7) is 6.89. The summed E-state index contributed by atoms with van der Waals surface area (Å²) in [4.78, 5) is 1.13. The van der Waals surface area contributed by atoms with E-state index in [9.17, 15) is 8.42 Å². The van der Waals surface area contributed by atoms with Crippen molar-refractivity contribution in [1.29, 1.82) is 0 Å². The molecule has 0 aromatic carbocycles. The molecule has 0 saturated heterocycles. The Morgan fingerprint density at radius 3 is 2.63 bits per heavy atom. The molecule has 0 aliphatic rings. The molecule has 1 unspecified atom stereocenters. The van der Waals surface area contributed by atoms with Crippen LogP contribution >= 0.6 is 11.3 Å². The van der Waals surface area contributed by atoms with Crippen LogP contribution in [-0.4, -0.2) is 25.3 Å². The third kappa shape index (κ3) is 3.78. The lowest BCUT2D eigenvalue weighted by molar-refractivity contribution is 0.324. The average Bonchev–Trinajstić information content (AvgIpc) is 2.87. The van der Waals surface area contributed by atoms with Crippen molar-refractivity contribution >= 4 is 21.4 Å². The van der Waals surface area contributed by atoms with Crippen molar-refractivity contribution in [2.24, 2.45) is 5.73 Å². The van der Waals surface area contributed by atoms with Gasteiger partial charge < -0.3 is 5.73 Å². The zero-order valence-electron chi connectivity index (χ0n) is 11.9. The van der Waals surface area contributed by atoms with Gasteiger partial charge in [-0.25, -0.2) is 8.42 Å². The van der Waals surface area contributed by atoms with E-state index in [0.29, 0.717) is 11.4 Å². The molecule has 1 aromatic heterocycles. The fourth-order valence-corrected chi connectivity index (χ4v) is 4.98. The van der Waals surface area contributed by atoms with Crippen molar-refractivity contribution in [3.8, 4) is 0 Å². The fraction of sp³-hybridized carbons (Fsp3) is 0.692. The highest BCUT2D eigenvalue weighted by Crippen LogP contribution is 2.27. The maximum Gasteiger partial charge on any atom is 0.244 e. The highest BCUT2D eigenvalue weighted by Gasteiger charge is 2.29. The van der Waals surface area contributed by atoms with Gasteiger partial charge in [-0.3, -0.25) is 0 Å². The van der Waals surface area contributed by atoms with Gasteiger partial charge in [-0.15, -0.1) is 11.3 Å². The predicted octanol–water partition coefficient (Wildman–Crippen LogP) is 2.80. The Hall–Kier alpha value is -0.430. The van der Waals surface area contributed by atoms with Crippen molar-refractivity contribution < 1.29 is 8.42 Å². The van der Waals surface area contributed by atoms with Gasteiger partial charge in [0.05, 0.1) is 4.90 Å². The predicted molar refractivity (Wildman–Crippen MR) is 80.8 cm³/mol. The Morgan fingerprint density at radius 2 is 2.11 bits per heavy atom. The van der Waals surface area contributed by atoms with Crippen LogP contribution in [0.3, 0.4) is 0 Å². The van der Waals surface area contributed by atoms with Crippen molar-refractivity contribution in [3.05, 3.63) is 16.3 Å². The van der Waals surface area contributed by atoms with E-state index in [1.54, 1.807) is 15.8 Å². The van der Waals surface area contributed by atoms with E-state index in [2.05, 4.69) is 6.92 Å². The minimum atomic E-state index is -3.42. The van der Waals surface area contributed by atoms with Gasteiger partial charge in [0.15, 0.2) is 0 Å². The van der Waals surface area contributed by atoms with Crippen LogP contribution in [0, 0.1) is 0 Å². The Labute approximate surface area is 120 Å². The molecule has 0 radical (unpaired) electrons. The molecule has 110 valence electrons. The van der Waals surface area contributed by atoms with Gasteiger partial charge in [0.25, 0.3) is 0 Å². The second-order valence-electron chi connectivity index (χ2n) is 4.64. The topological polar surface area (TPSA) is 63.4 Å². The molecule has 6 heteroatoms. The molecule has 0 aliphatic carbocycles. The van der Waals surface area contributed by atoms with E-state index in [4.69, 9.17) is 5.73 Å². The minimum absolute atomic E-state index is 0.0158. The highest BCUT2D eigenvalue weighted by molar-refractivity contribution is 7.89. The van der Waals surface area contributed by atoms with Crippen LogP contribution in [-0.2, 0) is 16.6 Å². The second kappa shape index (κ2) is 7.38. The summed E-state index contributed by atoms with van der Waals surface area (Å²) in [5, 5.41) is 1.80. The lowest BCUT2D eigenvalue weighted by atomic mass is 10.2. The number of nitrogens with two attached hydrogens (primary N) is 1. The summed E-state index contributed by atoms with van der Waals surface area (Å²) in [7, 11) is -3.42. The Bertz CT molecular complexity index is 483. The number of sulfonamides is 1. The first-order chi connectivity index (χ1) is 8.98. The van der Waals surface area contributed by atoms with Gasteiger partial charge in [0, 0.05) is 24.0 Å². The summed E-state index contributed by atoms with van der Waals surface area (Å²) >= 11 is 1.41. The molecule has 0 bridgehead atoms. The molecule has 1 atom stereocenters. The molecule has 4 nitrogen and oxygen atoms in total. The third-order valence-corrected chi connectivity index (χ3v) is 6.46. The number of hydrogen-bond donors (Lipinski definition) is 1. The average molecular weight is 304 g/mol. The molecule has 1 rings (SSSR count). The molecule has 0 spiro atoms. The summed E-state index contributed by atoms with van der Waals surface area (Å²) < 4.78 is 27.1. The van der Waals surface area contributed by atoms with Crippen LogP contribution in [0.5, 0.6) is 0 Å². The van der Waals surface area contributed by atoms with E-state index < -0.39 is 10.0 Å². The molecule has 1 heterocycles. The summed E-state index contributed by atoms with van der Waals surface area (Å²) in [5.41, 5.74) is 5.63. The van der Waals surface area contributed by atoms with E-state index in [0.717, 1.165) is 24.1 Å². The first-order valence-corrected chi connectivity index (χ1v) is 9.09. The molecular formula is C13H24N2O2S2. The van der Waals surface area contributed by atoms with Gasteiger partial charge >= 0.3 is 0 Å². The number of hydrogen-bond acceptors (Lipinski definition) is 4. The molecule has 2 N–H and O–H groups in total. The van der Waals surface area contributed by atoms with Gasteiger partial charge in [0.2, 0.25) is 10.0 Å². The standard InChI is InChI=1S/C13H24N2O2S2/c1-4-6-8-15(11(3)5-2)19(16,17)13-7-9-18-12(13)10-14/h7,9,11H,4-6,8,10,14H2,1-3H3. The first-order valence-electron chi connectivity index (χ1n) is 6.77. The lowest BCUT2D eigenvalue weighted by Crippen LogP contribution is -2.39. The summed E-state index contributed by atoms with van der Waals surface area (Å²) in [6.07, 6.45) is 2.67. The summed E-state index contributed by atoms with van der Waals surface area (Å²) in [6, 6.07) is 1.69. The zero-order valence-corrected chi connectivity index (χ0v) is 13.6. The van der Waals surface area contributed by atoms with E-state index >= 15 is 0 Å². The molecular weight excluding hydrogens is 280 g/mol. The van der Waals surface area contributed by atoms with Crippen LogP contribution in [0.1, 0.15) is 44.9 Å². The molecule has 0 saturated carbocycles. The van der Waals surface area contributed by atoms with E-state index in [1.807, 2.05) is 13.8 Å². The Morgan fingerprint density at radius 1 is 1.42 bits per heavy atom. The van der Waals surface area contributed by atoms with Gasteiger partial charge in [-0.2, -0.15) is 4.31 Å². The van der Waals surface area contributed by atoms with Crippen LogP contribution in [0.15, 0.2) is 16.3 Å². The summed E-state index contributed by atoms with van der Waals surface area (Å²) in [5.74, 6) is 0. The molecule has 0 amide bonds. The normalized spacial score (nSPS) is 13.9. The molecule has 0 fully saturated rings. The smallest absolute Gasteiger partial charge is 0.244 e. The number of nitrogens with zero attached hydrogens (tertiary/aromatic N) is 1. The van der Waals surface area contributed by atoms with Gasteiger partial charge in [-0.1, -0.05) is 20.3 Å². The SMILES string of the molecule is CCCCN(C(C)CC)S(=O)(=O)c1ccsc1CN. The fourth-order valence-electron chi connectivity index (χ4n) is 1.93. The van der Waals surface area contributed by atoms with Crippen molar-refractivity contribution in [2.75, 3.05) is 6.54 Å². The van der Waals surface area contributed by atoms with Crippen LogP contribution in [0.2, 0.25) is 0 Å². The number of rotatable bonds is 8. The molecule has 19 heavy (non-hydrogen) atoms. The van der Waals surface area contributed by atoms with Crippen molar-refractivity contribution in [2.45, 2.75) is 57.5 Å².